The fraction of sp³-hybridized carbons (Fsp3) is 0.364. The molecule has 0 saturated carbocycles. The summed E-state index contributed by atoms with van der Waals surface area (Å²) in [6.45, 7) is 0. The summed E-state index contributed by atoms with van der Waals surface area (Å²) in [6.07, 6.45) is 14.1. The third-order valence-corrected chi connectivity index (χ3v) is 1.91. The van der Waals surface area contributed by atoms with Gasteiger partial charge in [-0.25, -0.2) is 0 Å². The third-order valence-electron chi connectivity index (χ3n) is 1.91. The Labute approximate surface area is 78.9 Å². The molecule has 0 saturated heterocycles. The van der Waals surface area contributed by atoms with E-state index in [1.54, 1.807) is 24.5 Å². The number of hydrogen-bond donors (Lipinski definition) is 0. The minimum absolute atomic E-state index is 0.750. The van der Waals surface area contributed by atoms with E-state index in [2.05, 4.69) is 12.2 Å². The van der Waals surface area contributed by atoms with Crippen LogP contribution < -0.4 is 0 Å². The van der Waals surface area contributed by atoms with Crippen LogP contribution in [0.15, 0.2) is 36.7 Å². The van der Waals surface area contributed by atoms with E-state index in [0.29, 0.717) is 0 Å². The third kappa shape index (κ3) is 4.31. The molecular weight excluding hydrogens is 162 g/mol. The van der Waals surface area contributed by atoms with E-state index in [-0.39, 0.29) is 0 Å². The first kappa shape index (κ1) is 9.78. The van der Waals surface area contributed by atoms with Crippen LogP contribution in [-0.2, 0) is 4.79 Å². The molecule has 1 aromatic rings. The average molecular weight is 177 g/mol. The second-order valence-corrected chi connectivity index (χ2v) is 2.99. The van der Waals surface area contributed by atoms with Crippen LogP contribution in [-0.4, -0.2) is 11.0 Å². The highest BCUT2D eigenvalue weighted by Gasteiger charge is 1.87. The lowest BCUT2D eigenvalue weighted by Crippen LogP contribution is -1.85. The molecule has 1 aliphatic rings. The zero-order chi connectivity index (χ0) is 9.36. The zero-order valence-corrected chi connectivity index (χ0v) is 7.73. The predicted molar refractivity (Wildman–Crippen MR) is 54.2 cm³/mol. The van der Waals surface area contributed by atoms with E-state index in [0.717, 1.165) is 6.41 Å². The van der Waals surface area contributed by atoms with Crippen LogP contribution in [0, 0.1) is 0 Å². The summed E-state index contributed by atoms with van der Waals surface area (Å²) in [6, 6.07) is 3.60. The minimum Gasteiger partial charge on any atom is -0.297 e. The van der Waals surface area contributed by atoms with Gasteiger partial charge in [0.2, 0.25) is 6.41 Å². The van der Waals surface area contributed by atoms with E-state index in [1.807, 2.05) is 0 Å². The summed E-state index contributed by atoms with van der Waals surface area (Å²) >= 11 is 0. The molecule has 1 aliphatic carbocycles. The van der Waals surface area contributed by atoms with Crippen molar-refractivity contribution in [2.45, 2.75) is 25.7 Å². The SMILES string of the molecule is C1=CCCCC1.O=Cn1cccc1. The first-order chi connectivity index (χ1) is 6.43. The van der Waals surface area contributed by atoms with Crippen molar-refractivity contribution in [3.05, 3.63) is 36.7 Å². The smallest absolute Gasteiger partial charge is 0.217 e. The quantitative estimate of drug-likeness (QED) is 0.477. The topological polar surface area (TPSA) is 22.0 Å². The molecule has 2 heteroatoms. The Morgan fingerprint density at radius 1 is 1.00 bits per heavy atom. The molecule has 0 bridgehead atoms. The molecular formula is C11H15NO. The van der Waals surface area contributed by atoms with Crippen molar-refractivity contribution in [2.24, 2.45) is 0 Å². The molecule has 70 valence electrons. The molecule has 0 N–H and O–H groups in total. The normalized spacial score (nSPS) is 14.5. The molecule has 1 heterocycles. The monoisotopic (exact) mass is 177 g/mol. The fourth-order valence-electron chi connectivity index (χ4n) is 1.18. The first-order valence-corrected chi connectivity index (χ1v) is 4.66. The highest BCUT2D eigenvalue weighted by atomic mass is 16.1. The molecule has 13 heavy (non-hydrogen) atoms. The molecule has 0 radical (unpaired) electrons. The number of carbonyl (C=O) groups is 1. The van der Waals surface area contributed by atoms with E-state index in [1.165, 1.54) is 30.3 Å². The highest BCUT2D eigenvalue weighted by molar-refractivity contribution is 5.51. The van der Waals surface area contributed by atoms with E-state index >= 15 is 0 Å². The molecule has 2 nitrogen and oxygen atoms in total. The summed E-state index contributed by atoms with van der Waals surface area (Å²) in [5.74, 6) is 0. The Morgan fingerprint density at radius 3 is 1.77 bits per heavy atom. The molecule has 1 aromatic heterocycles. The molecule has 0 spiro atoms. The van der Waals surface area contributed by atoms with Crippen LogP contribution in [0.25, 0.3) is 0 Å². The van der Waals surface area contributed by atoms with Gasteiger partial charge in [-0.05, 0) is 37.8 Å². The standard InChI is InChI=1S/C6H10.C5H5NO/c1-2-4-6-5-3-1;7-5-6-3-1-2-4-6/h1-2H,3-6H2;1-5H. The van der Waals surface area contributed by atoms with Crippen LogP contribution >= 0.6 is 0 Å². The van der Waals surface area contributed by atoms with Gasteiger partial charge in [-0.15, -0.1) is 0 Å². The second kappa shape index (κ2) is 6.23. The molecule has 0 aromatic carbocycles. The van der Waals surface area contributed by atoms with Crippen molar-refractivity contribution in [3.63, 3.8) is 0 Å². The molecule has 0 aliphatic heterocycles. The molecule has 0 fully saturated rings. The number of allylic oxidation sites excluding steroid dienone is 2. The lowest BCUT2D eigenvalue weighted by atomic mass is 10.1. The summed E-state index contributed by atoms with van der Waals surface area (Å²) < 4.78 is 1.44. The number of nitrogens with zero attached hydrogens (tertiary/aromatic N) is 1. The van der Waals surface area contributed by atoms with Gasteiger partial charge in [-0.3, -0.25) is 9.36 Å². The van der Waals surface area contributed by atoms with Crippen molar-refractivity contribution in [1.29, 1.82) is 0 Å². The van der Waals surface area contributed by atoms with Gasteiger partial charge < -0.3 is 0 Å². The number of aromatic nitrogens is 1. The Hall–Kier alpha value is -1.31. The van der Waals surface area contributed by atoms with Gasteiger partial charge in [-0.1, -0.05) is 12.2 Å². The molecule has 0 amide bonds. The first-order valence-electron chi connectivity index (χ1n) is 4.66. The van der Waals surface area contributed by atoms with Gasteiger partial charge in [0.1, 0.15) is 0 Å². The Bertz CT molecular complexity index is 241. The van der Waals surface area contributed by atoms with Gasteiger partial charge >= 0.3 is 0 Å². The molecule has 2 rings (SSSR count). The maximum atomic E-state index is 9.83. The van der Waals surface area contributed by atoms with Crippen LogP contribution in [0.2, 0.25) is 0 Å². The lowest BCUT2D eigenvalue weighted by Gasteiger charge is -1.97. The van der Waals surface area contributed by atoms with Gasteiger partial charge in [0.05, 0.1) is 0 Å². The van der Waals surface area contributed by atoms with Crippen LogP contribution in [0.4, 0.5) is 0 Å². The fourth-order valence-corrected chi connectivity index (χ4v) is 1.18. The Morgan fingerprint density at radius 2 is 1.54 bits per heavy atom. The van der Waals surface area contributed by atoms with Crippen molar-refractivity contribution in [3.8, 4) is 0 Å². The number of carbonyl (C=O) groups excluding carboxylic acids is 1. The van der Waals surface area contributed by atoms with Gasteiger partial charge in [-0.2, -0.15) is 0 Å². The van der Waals surface area contributed by atoms with Crippen molar-refractivity contribution < 1.29 is 4.79 Å². The lowest BCUT2D eigenvalue weighted by molar-refractivity contribution is 0.547. The van der Waals surface area contributed by atoms with Crippen molar-refractivity contribution in [1.82, 2.24) is 4.57 Å². The minimum atomic E-state index is 0.750. The van der Waals surface area contributed by atoms with Crippen molar-refractivity contribution >= 4 is 6.41 Å². The molecule has 0 atom stereocenters. The van der Waals surface area contributed by atoms with Crippen LogP contribution in [0.5, 0.6) is 0 Å². The maximum absolute atomic E-state index is 9.83. The van der Waals surface area contributed by atoms with Gasteiger partial charge in [0.25, 0.3) is 0 Å². The average Bonchev–Trinajstić information content (AvgIpc) is 2.74. The van der Waals surface area contributed by atoms with E-state index < -0.39 is 0 Å². The zero-order valence-electron chi connectivity index (χ0n) is 7.73. The number of rotatable bonds is 1. The largest absolute Gasteiger partial charge is 0.297 e. The van der Waals surface area contributed by atoms with Crippen LogP contribution in [0.1, 0.15) is 25.7 Å². The highest BCUT2D eigenvalue weighted by Crippen LogP contribution is 2.07. The number of hydrogen-bond acceptors (Lipinski definition) is 1. The second-order valence-electron chi connectivity index (χ2n) is 2.99. The Kier molecular flexibility index (Phi) is 4.69. The summed E-state index contributed by atoms with van der Waals surface area (Å²) in [7, 11) is 0. The van der Waals surface area contributed by atoms with Crippen LogP contribution in [0.3, 0.4) is 0 Å². The van der Waals surface area contributed by atoms with E-state index in [4.69, 9.17) is 0 Å². The van der Waals surface area contributed by atoms with Gasteiger partial charge in [0, 0.05) is 12.4 Å². The predicted octanol–water partition coefficient (Wildman–Crippen LogP) is 2.64. The van der Waals surface area contributed by atoms with E-state index in [9.17, 15) is 4.79 Å². The summed E-state index contributed by atoms with van der Waals surface area (Å²) in [5, 5.41) is 0. The maximum Gasteiger partial charge on any atom is 0.217 e. The molecule has 0 unspecified atom stereocenters. The summed E-state index contributed by atoms with van der Waals surface area (Å²) in [4.78, 5) is 9.83. The van der Waals surface area contributed by atoms with Crippen molar-refractivity contribution in [2.75, 3.05) is 0 Å². The summed E-state index contributed by atoms with van der Waals surface area (Å²) in [5.41, 5.74) is 0. The Balaban J connectivity index is 0.000000132. The van der Waals surface area contributed by atoms with Gasteiger partial charge in [0.15, 0.2) is 0 Å².